The summed E-state index contributed by atoms with van der Waals surface area (Å²) in [5.41, 5.74) is 0. The Hall–Kier alpha value is -0.960. The van der Waals surface area contributed by atoms with E-state index in [1.54, 1.807) is 0 Å². The summed E-state index contributed by atoms with van der Waals surface area (Å²) in [6.07, 6.45) is 1.17. The lowest BCUT2D eigenvalue weighted by Gasteiger charge is -2.13. The molecule has 0 spiro atoms. The summed E-state index contributed by atoms with van der Waals surface area (Å²) in [7, 11) is 0. The molecule has 0 saturated carbocycles. The van der Waals surface area contributed by atoms with E-state index >= 15 is 0 Å². The number of rotatable bonds is 3. The summed E-state index contributed by atoms with van der Waals surface area (Å²) >= 11 is 1.83. The van der Waals surface area contributed by atoms with Gasteiger partial charge >= 0.3 is 0 Å². The zero-order valence-corrected chi connectivity index (χ0v) is 8.89. The lowest BCUT2D eigenvalue weighted by molar-refractivity contribution is 0.740. The molecule has 1 aromatic carbocycles. The number of benzene rings is 1. The van der Waals surface area contributed by atoms with Crippen molar-refractivity contribution >= 4 is 17.6 Å². The van der Waals surface area contributed by atoms with Gasteiger partial charge in [0.05, 0.1) is 5.75 Å². The molecule has 1 N–H and O–H groups in total. The van der Waals surface area contributed by atoms with Gasteiger partial charge in [-0.25, -0.2) is 0 Å². The number of hydrogen-bond acceptors (Lipinski definition) is 3. The monoisotopic (exact) mass is 206 g/mol. The van der Waals surface area contributed by atoms with Crippen LogP contribution in [-0.2, 0) is 0 Å². The van der Waals surface area contributed by atoms with Gasteiger partial charge in [0, 0.05) is 18.0 Å². The van der Waals surface area contributed by atoms with Crippen LogP contribution in [0.2, 0.25) is 0 Å². The van der Waals surface area contributed by atoms with Crippen molar-refractivity contribution < 1.29 is 0 Å². The summed E-state index contributed by atoms with van der Waals surface area (Å²) < 4.78 is 0. The first kappa shape index (κ1) is 9.59. The van der Waals surface area contributed by atoms with Crippen molar-refractivity contribution in [3.05, 3.63) is 30.3 Å². The van der Waals surface area contributed by atoms with E-state index in [4.69, 9.17) is 0 Å². The van der Waals surface area contributed by atoms with Gasteiger partial charge in [-0.15, -0.1) is 11.8 Å². The largest absolute Gasteiger partial charge is 0.373 e. The van der Waals surface area contributed by atoms with E-state index in [1.165, 1.54) is 11.3 Å². The lowest BCUT2D eigenvalue weighted by atomic mass is 10.4. The fourth-order valence-corrected chi connectivity index (χ4v) is 2.19. The van der Waals surface area contributed by atoms with E-state index in [9.17, 15) is 0 Å². The standard InChI is InChI=1S/C11H14N2S/c1-2-5-10(6-3-1)14-9-11-12-7-4-8-13-11/h1-3,5-6H,4,7-9H2,(H,12,13). The highest BCUT2D eigenvalue weighted by molar-refractivity contribution is 8.00. The minimum Gasteiger partial charge on any atom is -0.373 e. The quantitative estimate of drug-likeness (QED) is 0.766. The molecule has 2 rings (SSSR count). The Morgan fingerprint density at radius 2 is 2.14 bits per heavy atom. The van der Waals surface area contributed by atoms with E-state index in [1.807, 2.05) is 17.8 Å². The number of nitrogens with zero attached hydrogens (tertiary/aromatic N) is 1. The topological polar surface area (TPSA) is 24.4 Å². The second-order valence-corrected chi connectivity index (χ2v) is 4.26. The van der Waals surface area contributed by atoms with Gasteiger partial charge in [0.25, 0.3) is 0 Å². The zero-order chi connectivity index (χ0) is 9.64. The van der Waals surface area contributed by atoms with Crippen molar-refractivity contribution in [2.75, 3.05) is 18.8 Å². The van der Waals surface area contributed by atoms with Gasteiger partial charge in [0.15, 0.2) is 0 Å². The number of nitrogens with one attached hydrogen (secondary N) is 1. The molecule has 74 valence electrons. The van der Waals surface area contributed by atoms with Crippen molar-refractivity contribution in [3.8, 4) is 0 Å². The van der Waals surface area contributed by atoms with E-state index in [0.29, 0.717) is 0 Å². The molecule has 0 aromatic heterocycles. The molecule has 0 bridgehead atoms. The number of thioether (sulfide) groups is 1. The zero-order valence-electron chi connectivity index (χ0n) is 8.07. The number of hydrogen-bond donors (Lipinski definition) is 1. The first-order valence-electron chi connectivity index (χ1n) is 4.90. The third kappa shape index (κ3) is 2.77. The molecule has 0 amide bonds. The van der Waals surface area contributed by atoms with Gasteiger partial charge in [0.2, 0.25) is 0 Å². The van der Waals surface area contributed by atoms with E-state index in [0.717, 1.165) is 24.7 Å². The Balaban J connectivity index is 1.85. The smallest absolute Gasteiger partial charge is 0.107 e. The van der Waals surface area contributed by atoms with Crippen molar-refractivity contribution in [2.24, 2.45) is 4.99 Å². The van der Waals surface area contributed by atoms with Crippen molar-refractivity contribution in [3.63, 3.8) is 0 Å². The van der Waals surface area contributed by atoms with Crippen LogP contribution in [0.25, 0.3) is 0 Å². The first-order chi connectivity index (χ1) is 6.95. The Morgan fingerprint density at radius 3 is 2.86 bits per heavy atom. The molecule has 0 saturated heterocycles. The minimum atomic E-state index is 0.962. The maximum Gasteiger partial charge on any atom is 0.107 e. The van der Waals surface area contributed by atoms with Crippen molar-refractivity contribution in [1.82, 2.24) is 5.32 Å². The maximum absolute atomic E-state index is 4.43. The average molecular weight is 206 g/mol. The van der Waals surface area contributed by atoms with Crippen LogP contribution in [0.5, 0.6) is 0 Å². The molecule has 1 aromatic rings. The Bertz CT molecular complexity index is 308. The molecular formula is C11H14N2S. The molecule has 2 nitrogen and oxygen atoms in total. The van der Waals surface area contributed by atoms with Gasteiger partial charge in [-0.05, 0) is 18.6 Å². The highest BCUT2D eigenvalue weighted by Crippen LogP contribution is 2.16. The van der Waals surface area contributed by atoms with Crippen LogP contribution in [0.15, 0.2) is 40.2 Å². The summed E-state index contributed by atoms with van der Waals surface area (Å²) in [6.45, 7) is 2.06. The van der Waals surface area contributed by atoms with Gasteiger partial charge in [-0.2, -0.15) is 0 Å². The molecule has 0 fully saturated rings. The van der Waals surface area contributed by atoms with Crippen molar-refractivity contribution in [1.29, 1.82) is 0 Å². The van der Waals surface area contributed by atoms with Gasteiger partial charge in [0.1, 0.15) is 5.84 Å². The lowest BCUT2D eigenvalue weighted by Crippen LogP contribution is -2.30. The molecule has 1 aliphatic rings. The third-order valence-electron chi connectivity index (χ3n) is 2.09. The van der Waals surface area contributed by atoms with Crippen LogP contribution >= 0.6 is 11.8 Å². The van der Waals surface area contributed by atoms with E-state index < -0.39 is 0 Å². The van der Waals surface area contributed by atoms with Crippen LogP contribution in [0.1, 0.15) is 6.42 Å². The number of amidine groups is 1. The summed E-state index contributed by atoms with van der Waals surface area (Å²) in [5, 5.41) is 3.32. The highest BCUT2D eigenvalue weighted by Gasteiger charge is 2.03. The van der Waals surface area contributed by atoms with E-state index in [-0.39, 0.29) is 0 Å². The molecular weight excluding hydrogens is 192 g/mol. The van der Waals surface area contributed by atoms with Gasteiger partial charge in [-0.1, -0.05) is 18.2 Å². The minimum absolute atomic E-state index is 0.962. The van der Waals surface area contributed by atoms with E-state index in [2.05, 4.69) is 34.6 Å². The molecule has 1 aliphatic heterocycles. The first-order valence-corrected chi connectivity index (χ1v) is 5.89. The SMILES string of the molecule is c1ccc(SCC2=NCCCN2)cc1. The molecule has 0 radical (unpaired) electrons. The highest BCUT2D eigenvalue weighted by atomic mass is 32.2. The third-order valence-corrected chi connectivity index (χ3v) is 3.11. The summed E-state index contributed by atoms with van der Waals surface area (Å²) in [4.78, 5) is 5.74. The van der Waals surface area contributed by atoms with Crippen LogP contribution in [0.4, 0.5) is 0 Å². The fraction of sp³-hybridized carbons (Fsp3) is 0.364. The van der Waals surface area contributed by atoms with Crippen LogP contribution in [0.3, 0.4) is 0 Å². The summed E-state index contributed by atoms with van der Waals surface area (Å²) in [5.74, 6) is 2.11. The molecule has 0 aliphatic carbocycles. The predicted octanol–water partition coefficient (Wildman–Crippen LogP) is 2.17. The van der Waals surface area contributed by atoms with Crippen LogP contribution < -0.4 is 5.32 Å². The molecule has 0 atom stereocenters. The van der Waals surface area contributed by atoms with Crippen molar-refractivity contribution in [2.45, 2.75) is 11.3 Å². The average Bonchev–Trinajstić information content (AvgIpc) is 2.29. The Kier molecular flexibility index (Phi) is 3.46. The fourth-order valence-electron chi connectivity index (χ4n) is 1.35. The molecule has 3 heteroatoms. The van der Waals surface area contributed by atoms with Crippen LogP contribution in [-0.4, -0.2) is 24.7 Å². The van der Waals surface area contributed by atoms with Gasteiger partial charge in [-0.3, -0.25) is 4.99 Å². The molecule has 1 heterocycles. The second-order valence-electron chi connectivity index (χ2n) is 3.21. The maximum atomic E-state index is 4.43. The molecule has 14 heavy (non-hydrogen) atoms. The normalized spacial score (nSPS) is 15.9. The molecule has 0 unspecified atom stereocenters. The number of aliphatic imine (C=N–C) groups is 1. The Morgan fingerprint density at radius 1 is 1.29 bits per heavy atom. The second kappa shape index (κ2) is 5.05. The summed E-state index contributed by atoms with van der Waals surface area (Å²) in [6, 6.07) is 10.4. The Labute approximate surface area is 88.8 Å². The van der Waals surface area contributed by atoms with Crippen LogP contribution in [0, 0.1) is 0 Å². The predicted molar refractivity (Wildman–Crippen MR) is 62.1 cm³/mol. The van der Waals surface area contributed by atoms with Gasteiger partial charge < -0.3 is 5.32 Å².